The van der Waals surface area contributed by atoms with Crippen molar-refractivity contribution in [2.75, 3.05) is 5.32 Å². The van der Waals surface area contributed by atoms with E-state index in [0.29, 0.717) is 17.7 Å². The first-order valence-corrected chi connectivity index (χ1v) is 8.15. The van der Waals surface area contributed by atoms with E-state index < -0.39 is 11.7 Å². The molecule has 0 atom stereocenters. The van der Waals surface area contributed by atoms with Crippen molar-refractivity contribution in [3.05, 3.63) is 77.4 Å². The molecule has 0 aliphatic heterocycles. The molecular formula is C22H16F3NO. The zero-order valence-electron chi connectivity index (χ0n) is 14.5. The Morgan fingerprint density at radius 1 is 0.963 bits per heavy atom. The summed E-state index contributed by atoms with van der Waals surface area (Å²) < 4.78 is 38.6. The lowest BCUT2D eigenvalue weighted by molar-refractivity contribution is -0.137. The van der Waals surface area contributed by atoms with E-state index in [1.165, 1.54) is 30.4 Å². The second-order valence-corrected chi connectivity index (χ2v) is 5.36. The zero-order chi connectivity index (χ0) is 19.7. The van der Waals surface area contributed by atoms with Gasteiger partial charge in [-0.1, -0.05) is 54.9 Å². The largest absolute Gasteiger partial charge is 0.417 e. The Hall–Kier alpha value is -3.44. The van der Waals surface area contributed by atoms with Crippen LogP contribution in [-0.2, 0) is 11.0 Å². The van der Waals surface area contributed by atoms with Crippen molar-refractivity contribution in [2.24, 2.45) is 0 Å². The number of alkyl halides is 3. The molecule has 0 heterocycles. The van der Waals surface area contributed by atoms with Gasteiger partial charge in [0.2, 0.25) is 5.91 Å². The number of para-hydroxylation sites is 1. The van der Waals surface area contributed by atoms with Crippen LogP contribution >= 0.6 is 0 Å². The zero-order valence-corrected chi connectivity index (χ0v) is 14.5. The molecule has 0 unspecified atom stereocenters. The van der Waals surface area contributed by atoms with E-state index in [9.17, 15) is 18.0 Å². The maximum Gasteiger partial charge on any atom is 0.417 e. The summed E-state index contributed by atoms with van der Waals surface area (Å²) in [7, 11) is 0. The summed E-state index contributed by atoms with van der Waals surface area (Å²) in [6.07, 6.45) is -1.26. The van der Waals surface area contributed by atoms with Crippen LogP contribution in [0.4, 0.5) is 18.9 Å². The first-order valence-electron chi connectivity index (χ1n) is 8.15. The molecule has 0 aromatic heterocycles. The summed E-state index contributed by atoms with van der Waals surface area (Å²) in [5.74, 6) is 10.6. The van der Waals surface area contributed by atoms with Crippen LogP contribution in [0.3, 0.4) is 0 Å². The standard InChI is InChI=1S/C22H16F3NO/c1-2-21(27)26-20-16-10-8-14-18(20)13-6-4-3-5-11-17-12-7-9-15-19(17)22(23,24)25/h3-4,7-10,12,14-16H,2H2,1H3,(H,26,27)/b4-3-. The van der Waals surface area contributed by atoms with Gasteiger partial charge in [0.15, 0.2) is 0 Å². The summed E-state index contributed by atoms with van der Waals surface area (Å²) in [4.78, 5) is 11.5. The van der Waals surface area contributed by atoms with Crippen LogP contribution < -0.4 is 5.32 Å². The molecule has 5 heteroatoms. The summed E-state index contributed by atoms with van der Waals surface area (Å²) in [6.45, 7) is 1.75. The van der Waals surface area contributed by atoms with Gasteiger partial charge in [0, 0.05) is 17.5 Å². The summed E-state index contributed by atoms with van der Waals surface area (Å²) in [6, 6.07) is 12.2. The fraction of sp³-hybridized carbons (Fsp3) is 0.136. The Labute approximate surface area is 156 Å². The number of nitrogens with one attached hydrogen (secondary N) is 1. The van der Waals surface area contributed by atoms with Gasteiger partial charge in [-0.15, -0.1) is 0 Å². The van der Waals surface area contributed by atoms with Crippen molar-refractivity contribution in [2.45, 2.75) is 19.5 Å². The number of hydrogen-bond acceptors (Lipinski definition) is 1. The molecule has 136 valence electrons. The monoisotopic (exact) mass is 367 g/mol. The minimum absolute atomic E-state index is 0.0877. The SMILES string of the molecule is CCC(=O)Nc1ccccc1C#C/C=C\C#Cc1ccccc1C(F)(F)F. The number of benzene rings is 2. The maximum absolute atomic E-state index is 12.9. The van der Waals surface area contributed by atoms with E-state index in [2.05, 4.69) is 29.0 Å². The molecule has 1 amide bonds. The smallest absolute Gasteiger partial charge is 0.325 e. The molecule has 2 rings (SSSR count). The van der Waals surface area contributed by atoms with Crippen LogP contribution in [0.2, 0.25) is 0 Å². The second-order valence-electron chi connectivity index (χ2n) is 5.36. The number of hydrogen-bond donors (Lipinski definition) is 1. The van der Waals surface area contributed by atoms with Crippen molar-refractivity contribution in [3.63, 3.8) is 0 Å². The molecule has 2 nitrogen and oxygen atoms in total. The molecule has 0 saturated carbocycles. The first-order chi connectivity index (χ1) is 12.9. The topological polar surface area (TPSA) is 29.1 Å². The van der Waals surface area contributed by atoms with Crippen LogP contribution in [-0.4, -0.2) is 5.91 Å². The van der Waals surface area contributed by atoms with Gasteiger partial charge < -0.3 is 5.32 Å². The van der Waals surface area contributed by atoms with Crippen LogP contribution in [0.1, 0.15) is 30.0 Å². The summed E-state index contributed by atoms with van der Waals surface area (Å²) >= 11 is 0. The van der Waals surface area contributed by atoms with Crippen molar-refractivity contribution in [1.82, 2.24) is 0 Å². The molecule has 1 N–H and O–H groups in total. The highest BCUT2D eigenvalue weighted by Crippen LogP contribution is 2.31. The third-order valence-electron chi connectivity index (χ3n) is 3.42. The third-order valence-corrected chi connectivity index (χ3v) is 3.42. The van der Waals surface area contributed by atoms with E-state index in [4.69, 9.17) is 0 Å². The van der Waals surface area contributed by atoms with E-state index in [-0.39, 0.29) is 11.5 Å². The molecule has 0 saturated heterocycles. The molecular weight excluding hydrogens is 351 g/mol. The average Bonchev–Trinajstić information content (AvgIpc) is 2.65. The highest BCUT2D eigenvalue weighted by Gasteiger charge is 2.32. The number of carbonyl (C=O) groups is 1. The number of halogens is 3. The third kappa shape index (κ3) is 6.09. The number of carbonyl (C=O) groups excluding carboxylic acids is 1. The van der Waals surface area contributed by atoms with Gasteiger partial charge >= 0.3 is 6.18 Å². The molecule has 0 bridgehead atoms. The quantitative estimate of drug-likeness (QED) is 0.743. The Morgan fingerprint density at radius 2 is 1.52 bits per heavy atom. The van der Waals surface area contributed by atoms with E-state index in [1.807, 2.05) is 0 Å². The van der Waals surface area contributed by atoms with Gasteiger partial charge in [0.25, 0.3) is 0 Å². The van der Waals surface area contributed by atoms with Crippen molar-refractivity contribution in [3.8, 4) is 23.7 Å². The summed E-state index contributed by atoms with van der Waals surface area (Å²) in [5.41, 5.74) is 0.391. The predicted molar refractivity (Wildman–Crippen MR) is 99.7 cm³/mol. The fourth-order valence-electron chi connectivity index (χ4n) is 2.10. The Bertz CT molecular complexity index is 967. The number of amides is 1. The van der Waals surface area contributed by atoms with Gasteiger partial charge in [-0.2, -0.15) is 13.2 Å². The van der Waals surface area contributed by atoms with E-state index >= 15 is 0 Å². The predicted octanol–water partition coefficient (Wildman–Crippen LogP) is 5.01. The van der Waals surface area contributed by atoms with E-state index in [1.54, 1.807) is 31.2 Å². The van der Waals surface area contributed by atoms with Gasteiger partial charge in [0.05, 0.1) is 11.3 Å². The lowest BCUT2D eigenvalue weighted by Gasteiger charge is -2.07. The average molecular weight is 367 g/mol. The van der Waals surface area contributed by atoms with Crippen molar-refractivity contribution in [1.29, 1.82) is 0 Å². The van der Waals surface area contributed by atoms with Gasteiger partial charge in [-0.3, -0.25) is 4.79 Å². The van der Waals surface area contributed by atoms with Crippen LogP contribution in [0.25, 0.3) is 0 Å². The van der Waals surface area contributed by atoms with Crippen molar-refractivity contribution >= 4 is 11.6 Å². The van der Waals surface area contributed by atoms with Crippen molar-refractivity contribution < 1.29 is 18.0 Å². The fourth-order valence-corrected chi connectivity index (χ4v) is 2.10. The Balaban J connectivity index is 2.13. The molecule has 0 fully saturated rings. The lowest BCUT2D eigenvalue weighted by atomic mass is 10.1. The highest BCUT2D eigenvalue weighted by molar-refractivity contribution is 5.91. The summed E-state index contributed by atoms with van der Waals surface area (Å²) in [5, 5.41) is 2.75. The number of anilines is 1. The molecule has 2 aromatic carbocycles. The molecule has 27 heavy (non-hydrogen) atoms. The second kappa shape index (κ2) is 9.31. The molecule has 0 spiro atoms. The van der Waals surface area contributed by atoms with Gasteiger partial charge in [0.1, 0.15) is 0 Å². The Kier molecular flexibility index (Phi) is 6.86. The first kappa shape index (κ1) is 19.9. The minimum Gasteiger partial charge on any atom is -0.325 e. The van der Waals surface area contributed by atoms with Gasteiger partial charge in [-0.25, -0.2) is 0 Å². The molecule has 0 aliphatic carbocycles. The van der Waals surface area contributed by atoms with E-state index in [0.717, 1.165) is 6.07 Å². The minimum atomic E-state index is -4.44. The number of rotatable bonds is 2. The molecule has 0 aliphatic rings. The van der Waals surface area contributed by atoms with Crippen LogP contribution in [0.5, 0.6) is 0 Å². The van der Waals surface area contributed by atoms with Crippen LogP contribution in [0.15, 0.2) is 60.7 Å². The van der Waals surface area contributed by atoms with Gasteiger partial charge in [-0.05, 0) is 36.4 Å². The Morgan fingerprint density at radius 3 is 2.15 bits per heavy atom. The molecule has 2 aromatic rings. The normalized spacial score (nSPS) is 10.5. The molecule has 0 radical (unpaired) electrons. The maximum atomic E-state index is 12.9. The number of allylic oxidation sites excluding steroid dienone is 2. The van der Waals surface area contributed by atoms with Crippen LogP contribution in [0, 0.1) is 23.7 Å². The highest BCUT2D eigenvalue weighted by atomic mass is 19.4. The lowest BCUT2D eigenvalue weighted by Crippen LogP contribution is -2.10.